The first-order valence-electron chi connectivity index (χ1n) is 6.21. The van der Waals surface area contributed by atoms with Crippen LogP contribution in [0.2, 0.25) is 5.02 Å². The Balaban J connectivity index is 1.78. The smallest absolute Gasteiger partial charge is 0.130 e. The lowest BCUT2D eigenvalue weighted by molar-refractivity contribution is 1.28. The molecule has 0 saturated carbocycles. The molecule has 3 aromatic rings. The minimum Gasteiger partial charge on any atom is -0.339 e. The summed E-state index contributed by atoms with van der Waals surface area (Å²) in [5.74, 6) is 0.740. The zero-order valence-electron chi connectivity index (χ0n) is 10.6. The third-order valence-corrected chi connectivity index (χ3v) is 3.06. The summed E-state index contributed by atoms with van der Waals surface area (Å²) in [5, 5.41) is 3.80. The maximum atomic E-state index is 5.80. The molecule has 2 heterocycles. The summed E-state index contributed by atoms with van der Waals surface area (Å²) in [6.45, 7) is 0. The molecule has 0 aliphatic heterocycles. The SMILES string of the molecule is Clc1ccc(Nc2ccc(-c3ccccc3)nc2)nc1. The van der Waals surface area contributed by atoms with E-state index in [4.69, 9.17) is 11.6 Å². The van der Waals surface area contributed by atoms with E-state index >= 15 is 0 Å². The van der Waals surface area contributed by atoms with E-state index < -0.39 is 0 Å². The van der Waals surface area contributed by atoms with Crippen molar-refractivity contribution in [3.8, 4) is 11.3 Å². The Morgan fingerprint density at radius 2 is 1.65 bits per heavy atom. The van der Waals surface area contributed by atoms with Crippen LogP contribution in [0.1, 0.15) is 0 Å². The average molecular weight is 282 g/mol. The van der Waals surface area contributed by atoms with Gasteiger partial charge >= 0.3 is 0 Å². The Hall–Kier alpha value is -2.39. The Morgan fingerprint density at radius 3 is 2.30 bits per heavy atom. The van der Waals surface area contributed by atoms with Crippen LogP contribution < -0.4 is 5.32 Å². The molecule has 0 amide bonds. The number of nitrogens with zero attached hydrogens (tertiary/aromatic N) is 2. The number of nitrogens with one attached hydrogen (secondary N) is 1. The van der Waals surface area contributed by atoms with Crippen LogP contribution in [0.25, 0.3) is 11.3 Å². The summed E-state index contributed by atoms with van der Waals surface area (Å²) in [6, 6.07) is 17.6. The van der Waals surface area contributed by atoms with Gasteiger partial charge in [-0.05, 0) is 24.3 Å². The zero-order chi connectivity index (χ0) is 13.8. The number of aromatic nitrogens is 2. The summed E-state index contributed by atoms with van der Waals surface area (Å²) in [4.78, 5) is 8.63. The van der Waals surface area contributed by atoms with Crippen molar-refractivity contribution in [2.75, 3.05) is 5.32 Å². The average Bonchev–Trinajstić information content (AvgIpc) is 2.51. The highest BCUT2D eigenvalue weighted by Gasteiger charge is 2.00. The molecule has 1 aromatic carbocycles. The van der Waals surface area contributed by atoms with E-state index in [1.54, 1.807) is 18.5 Å². The number of halogens is 1. The van der Waals surface area contributed by atoms with Crippen LogP contribution in [0.5, 0.6) is 0 Å². The second-order valence-electron chi connectivity index (χ2n) is 4.28. The van der Waals surface area contributed by atoms with Crippen LogP contribution in [-0.2, 0) is 0 Å². The first-order chi connectivity index (χ1) is 9.81. The molecule has 98 valence electrons. The van der Waals surface area contributed by atoms with Gasteiger partial charge in [-0.25, -0.2) is 4.98 Å². The number of anilines is 2. The molecule has 0 unspecified atom stereocenters. The van der Waals surface area contributed by atoms with E-state index in [1.807, 2.05) is 48.5 Å². The standard InChI is InChI=1S/C16H12ClN3/c17-13-6-9-16(19-10-13)20-14-7-8-15(18-11-14)12-4-2-1-3-5-12/h1-11H,(H,19,20). The van der Waals surface area contributed by atoms with Gasteiger partial charge in [0.1, 0.15) is 5.82 Å². The minimum atomic E-state index is 0.619. The van der Waals surface area contributed by atoms with E-state index in [1.165, 1.54) is 0 Å². The summed E-state index contributed by atoms with van der Waals surface area (Å²) < 4.78 is 0. The van der Waals surface area contributed by atoms with Crippen molar-refractivity contribution in [2.45, 2.75) is 0 Å². The number of hydrogen-bond acceptors (Lipinski definition) is 3. The summed E-state index contributed by atoms with van der Waals surface area (Å²) in [5.41, 5.74) is 2.93. The highest BCUT2D eigenvalue weighted by Crippen LogP contribution is 2.20. The molecule has 1 N–H and O–H groups in total. The molecule has 0 spiro atoms. The Kier molecular flexibility index (Phi) is 3.61. The Labute approximate surface area is 122 Å². The number of benzene rings is 1. The van der Waals surface area contributed by atoms with Gasteiger partial charge in [-0.1, -0.05) is 41.9 Å². The summed E-state index contributed by atoms with van der Waals surface area (Å²) >= 11 is 5.80. The maximum Gasteiger partial charge on any atom is 0.130 e. The fourth-order valence-corrected chi connectivity index (χ4v) is 1.96. The summed E-state index contributed by atoms with van der Waals surface area (Å²) in [6.07, 6.45) is 3.40. The minimum absolute atomic E-state index is 0.619. The molecule has 20 heavy (non-hydrogen) atoms. The highest BCUT2D eigenvalue weighted by molar-refractivity contribution is 6.30. The summed E-state index contributed by atoms with van der Waals surface area (Å²) in [7, 11) is 0. The fraction of sp³-hybridized carbons (Fsp3) is 0. The molecule has 4 heteroatoms. The van der Waals surface area contributed by atoms with Gasteiger partial charge in [-0.15, -0.1) is 0 Å². The topological polar surface area (TPSA) is 37.8 Å². The van der Waals surface area contributed by atoms with Gasteiger partial charge in [-0.2, -0.15) is 0 Å². The van der Waals surface area contributed by atoms with E-state index in [0.717, 1.165) is 22.8 Å². The number of pyridine rings is 2. The Bertz CT molecular complexity index is 679. The number of rotatable bonds is 3. The molecule has 2 aromatic heterocycles. The lowest BCUT2D eigenvalue weighted by atomic mass is 10.1. The molecular weight excluding hydrogens is 270 g/mol. The second-order valence-corrected chi connectivity index (χ2v) is 4.72. The fourth-order valence-electron chi connectivity index (χ4n) is 1.85. The first-order valence-corrected chi connectivity index (χ1v) is 6.59. The predicted octanol–water partition coefficient (Wildman–Crippen LogP) is 4.54. The third kappa shape index (κ3) is 2.95. The first kappa shape index (κ1) is 12.6. The highest BCUT2D eigenvalue weighted by atomic mass is 35.5. The molecule has 0 radical (unpaired) electrons. The second kappa shape index (κ2) is 5.72. The molecule has 3 nitrogen and oxygen atoms in total. The van der Waals surface area contributed by atoms with Gasteiger partial charge < -0.3 is 5.32 Å². The van der Waals surface area contributed by atoms with Crippen LogP contribution in [0, 0.1) is 0 Å². The molecule has 0 bridgehead atoms. The lowest BCUT2D eigenvalue weighted by Crippen LogP contribution is -1.94. The van der Waals surface area contributed by atoms with Crippen molar-refractivity contribution in [1.29, 1.82) is 0 Å². The van der Waals surface area contributed by atoms with Crippen LogP contribution in [0.3, 0.4) is 0 Å². The van der Waals surface area contributed by atoms with Crippen LogP contribution in [-0.4, -0.2) is 9.97 Å². The quantitative estimate of drug-likeness (QED) is 0.766. The third-order valence-electron chi connectivity index (χ3n) is 2.83. The molecule has 3 rings (SSSR count). The van der Waals surface area contributed by atoms with E-state index in [0.29, 0.717) is 5.02 Å². The van der Waals surface area contributed by atoms with E-state index in [-0.39, 0.29) is 0 Å². The van der Waals surface area contributed by atoms with E-state index in [2.05, 4.69) is 15.3 Å². The van der Waals surface area contributed by atoms with Gasteiger partial charge in [0.2, 0.25) is 0 Å². The van der Waals surface area contributed by atoms with Crippen molar-refractivity contribution in [1.82, 2.24) is 9.97 Å². The van der Waals surface area contributed by atoms with Crippen molar-refractivity contribution in [3.63, 3.8) is 0 Å². The van der Waals surface area contributed by atoms with Gasteiger partial charge in [0.05, 0.1) is 22.6 Å². The van der Waals surface area contributed by atoms with E-state index in [9.17, 15) is 0 Å². The monoisotopic (exact) mass is 281 g/mol. The molecular formula is C16H12ClN3. The molecule has 0 atom stereocenters. The lowest BCUT2D eigenvalue weighted by Gasteiger charge is -2.06. The molecule has 0 fully saturated rings. The normalized spacial score (nSPS) is 10.2. The van der Waals surface area contributed by atoms with Crippen LogP contribution >= 0.6 is 11.6 Å². The van der Waals surface area contributed by atoms with Crippen molar-refractivity contribution >= 4 is 23.1 Å². The molecule has 0 aliphatic carbocycles. The van der Waals surface area contributed by atoms with Gasteiger partial charge in [0, 0.05) is 11.8 Å². The molecule has 0 aliphatic rings. The maximum absolute atomic E-state index is 5.80. The zero-order valence-corrected chi connectivity index (χ0v) is 11.4. The van der Waals surface area contributed by atoms with Gasteiger partial charge in [-0.3, -0.25) is 4.98 Å². The number of hydrogen-bond donors (Lipinski definition) is 1. The van der Waals surface area contributed by atoms with Gasteiger partial charge in [0.15, 0.2) is 0 Å². The largest absolute Gasteiger partial charge is 0.339 e. The molecule has 0 saturated heterocycles. The van der Waals surface area contributed by atoms with Gasteiger partial charge in [0.25, 0.3) is 0 Å². The Morgan fingerprint density at radius 1 is 0.800 bits per heavy atom. The van der Waals surface area contributed by atoms with Crippen molar-refractivity contribution in [2.24, 2.45) is 0 Å². The van der Waals surface area contributed by atoms with Crippen molar-refractivity contribution in [3.05, 3.63) is 72.0 Å². The van der Waals surface area contributed by atoms with Crippen molar-refractivity contribution < 1.29 is 0 Å². The van der Waals surface area contributed by atoms with Crippen LogP contribution in [0.4, 0.5) is 11.5 Å². The van der Waals surface area contributed by atoms with Crippen LogP contribution in [0.15, 0.2) is 67.0 Å². The predicted molar refractivity (Wildman–Crippen MR) is 82.2 cm³/mol.